The largest absolute Gasteiger partial charge is 0.478 e. The van der Waals surface area contributed by atoms with Gasteiger partial charge in [-0.25, -0.2) is 13.4 Å². The number of rotatable bonds is 7. The van der Waals surface area contributed by atoms with Gasteiger partial charge in [-0.05, 0) is 49.6 Å². The molecule has 0 atom stereocenters. The summed E-state index contributed by atoms with van der Waals surface area (Å²) in [6.45, 7) is 7.20. The summed E-state index contributed by atoms with van der Waals surface area (Å²) in [6, 6.07) is 8.15. The Morgan fingerprint density at radius 2 is 1.93 bits per heavy atom. The van der Waals surface area contributed by atoms with Crippen LogP contribution in [0.5, 0.6) is 5.88 Å². The average Bonchev–Trinajstić information content (AvgIpc) is 2.74. The fourth-order valence-corrected chi connectivity index (χ4v) is 5.28. The second kappa shape index (κ2) is 9.32. The SMILES string of the molecule is CCOc1ccc(Cl)c(C(=O)N2CCCc3cc(S(=O)(=O)N(CC)CC)ccc32)n1. The molecule has 0 saturated heterocycles. The van der Waals surface area contributed by atoms with E-state index < -0.39 is 10.0 Å². The lowest BCUT2D eigenvalue weighted by Gasteiger charge is -2.30. The van der Waals surface area contributed by atoms with Gasteiger partial charge in [0.1, 0.15) is 0 Å². The third kappa shape index (κ3) is 4.31. The van der Waals surface area contributed by atoms with E-state index >= 15 is 0 Å². The van der Waals surface area contributed by atoms with Gasteiger partial charge in [-0.3, -0.25) is 4.79 Å². The lowest BCUT2D eigenvalue weighted by atomic mass is 10.0. The van der Waals surface area contributed by atoms with Gasteiger partial charge in [-0.2, -0.15) is 4.31 Å². The van der Waals surface area contributed by atoms with Gasteiger partial charge in [-0.1, -0.05) is 25.4 Å². The van der Waals surface area contributed by atoms with Crippen molar-refractivity contribution in [2.75, 3.05) is 31.1 Å². The molecule has 1 amide bonds. The number of nitrogens with zero attached hydrogens (tertiary/aromatic N) is 3. The average molecular weight is 452 g/mol. The van der Waals surface area contributed by atoms with E-state index in [9.17, 15) is 13.2 Å². The molecule has 1 aromatic heterocycles. The van der Waals surface area contributed by atoms with Crippen molar-refractivity contribution in [1.29, 1.82) is 0 Å². The highest BCUT2D eigenvalue weighted by atomic mass is 35.5. The van der Waals surface area contributed by atoms with Crippen LogP contribution in [0, 0.1) is 0 Å². The van der Waals surface area contributed by atoms with Gasteiger partial charge in [0.05, 0.1) is 16.5 Å². The van der Waals surface area contributed by atoms with Crippen molar-refractivity contribution < 1.29 is 17.9 Å². The van der Waals surface area contributed by atoms with Crippen LogP contribution in [0.3, 0.4) is 0 Å². The van der Waals surface area contributed by atoms with E-state index in [0.717, 1.165) is 12.0 Å². The molecule has 2 heterocycles. The van der Waals surface area contributed by atoms with Gasteiger partial charge in [-0.15, -0.1) is 0 Å². The van der Waals surface area contributed by atoms with E-state index in [1.165, 1.54) is 4.31 Å². The maximum Gasteiger partial charge on any atom is 0.278 e. The second-order valence-corrected chi connectivity index (χ2v) is 9.20. The maximum atomic E-state index is 13.2. The number of hydrogen-bond acceptors (Lipinski definition) is 5. The van der Waals surface area contributed by atoms with Gasteiger partial charge in [0, 0.05) is 31.4 Å². The molecule has 0 N–H and O–H groups in total. The van der Waals surface area contributed by atoms with Crippen LogP contribution in [0.15, 0.2) is 35.2 Å². The number of halogens is 1. The number of sulfonamides is 1. The van der Waals surface area contributed by atoms with Gasteiger partial charge in [0.2, 0.25) is 15.9 Å². The Hall–Kier alpha value is -2.16. The van der Waals surface area contributed by atoms with Crippen molar-refractivity contribution in [1.82, 2.24) is 9.29 Å². The number of hydrogen-bond donors (Lipinski definition) is 0. The van der Waals surface area contributed by atoms with Crippen molar-refractivity contribution >= 4 is 33.2 Å². The maximum absolute atomic E-state index is 13.2. The van der Waals surface area contributed by atoms with Crippen LogP contribution < -0.4 is 9.64 Å². The van der Waals surface area contributed by atoms with Gasteiger partial charge >= 0.3 is 0 Å². The molecule has 7 nitrogen and oxygen atoms in total. The highest BCUT2D eigenvalue weighted by Gasteiger charge is 2.29. The molecule has 30 heavy (non-hydrogen) atoms. The molecule has 1 aromatic carbocycles. The molecule has 0 radical (unpaired) electrons. The van der Waals surface area contributed by atoms with Gasteiger partial charge in [0.25, 0.3) is 5.91 Å². The summed E-state index contributed by atoms with van der Waals surface area (Å²) in [4.78, 5) is 19.3. The molecular weight excluding hydrogens is 426 g/mol. The number of anilines is 1. The zero-order chi connectivity index (χ0) is 21.9. The van der Waals surface area contributed by atoms with Crippen LogP contribution in [0.1, 0.15) is 43.2 Å². The number of aromatic nitrogens is 1. The summed E-state index contributed by atoms with van der Waals surface area (Å²) in [5.74, 6) is 0.00463. The molecule has 0 unspecified atom stereocenters. The van der Waals surface area contributed by atoms with Gasteiger partial charge in [0.15, 0.2) is 5.69 Å². The van der Waals surface area contributed by atoms with Crippen LogP contribution in [0.2, 0.25) is 5.02 Å². The van der Waals surface area contributed by atoms with Crippen LogP contribution in [-0.2, 0) is 16.4 Å². The zero-order valence-electron chi connectivity index (χ0n) is 17.4. The molecule has 162 valence electrons. The summed E-state index contributed by atoms with van der Waals surface area (Å²) in [5, 5.41) is 0.247. The van der Waals surface area contributed by atoms with E-state index in [4.69, 9.17) is 16.3 Å². The van der Waals surface area contributed by atoms with Gasteiger partial charge < -0.3 is 9.64 Å². The van der Waals surface area contributed by atoms with Crippen molar-refractivity contribution in [3.8, 4) is 5.88 Å². The summed E-state index contributed by atoms with van der Waals surface area (Å²) >= 11 is 6.24. The monoisotopic (exact) mass is 451 g/mol. The first-order valence-electron chi connectivity index (χ1n) is 10.1. The molecule has 1 aliphatic heterocycles. The number of aryl methyl sites for hydroxylation is 1. The van der Waals surface area contributed by atoms with Crippen molar-refractivity contribution in [3.05, 3.63) is 46.6 Å². The fourth-order valence-electron chi connectivity index (χ4n) is 3.59. The first kappa shape index (κ1) is 22.5. The molecule has 0 aliphatic carbocycles. The summed E-state index contributed by atoms with van der Waals surface area (Å²) in [6.07, 6.45) is 1.41. The summed E-state index contributed by atoms with van der Waals surface area (Å²) < 4.78 is 32.5. The number of benzene rings is 1. The first-order valence-corrected chi connectivity index (χ1v) is 11.9. The number of ether oxygens (including phenoxy) is 1. The number of fused-ring (bicyclic) bond motifs is 1. The highest BCUT2D eigenvalue weighted by Crippen LogP contribution is 2.32. The standard InChI is InChI=1S/C21H26ClN3O4S/c1-4-24(5-2)30(27,28)16-9-11-18-15(14-16)8-7-13-25(18)21(26)20-17(22)10-12-19(23-20)29-6-3/h9-12,14H,4-8,13H2,1-3H3. The van der Waals surface area contributed by atoms with Crippen LogP contribution in [-0.4, -0.2) is 49.9 Å². The predicted octanol–water partition coefficient (Wildman–Crippen LogP) is 3.76. The number of carbonyl (C=O) groups excluding carboxylic acids is 1. The number of amides is 1. The number of pyridine rings is 1. The molecular formula is C21H26ClN3O4S. The third-order valence-corrected chi connectivity index (χ3v) is 7.42. The van der Waals surface area contributed by atoms with E-state index in [1.54, 1.807) is 35.2 Å². The summed E-state index contributed by atoms with van der Waals surface area (Å²) in [5.41, 5.74) is 1.62. The Morgan fingerprint density at radius 1 is 1.20 bits per heavy atom. The Balaban J connectivity index is 1.97. The Kier molecular flexibility index (Phi) is 7.00. The Morgan fingerprint density at radius 3 is 2.60 bits per heavy atom. The third-order valence-electron chi connectivity index (χ3n) is 5.07. The minimum atomic E-state index is -3.56. The van der Waals surface area contributed by atoms with E-state index in [2.05, 4.69) is 4.98 Å². The van der Waals surface area contributed by atoms with Crippen molar-refractivity contribution in [2.45, 2.75) is 38.5 Å². The Labute approximate surface area is 182 Å². The molecule has 0 spiro atoms. The fraction of sp³-hybridized carbons (Fsp3) is 0.429. The minimum absolute atomic E-state index is 0.121. The lowest BCUT2D eigenvalue weighted by molar-refractivity contribution is 0.0979. The highest BCUT2D eigenvalue weighted by molar-refractivity contribution is 7.89. The molecule has 2 aromatic rings. The van der Waals surface area contributed by atoms with E-state index in [-0.39, 0.29) is 21.5 Å². The molecule has 0 saturated carbocycles. The number of carbonyl (C=O) groups is 1. The molecule has 3 rings (SSSR count). The van der Waals surface area contributed by atoms with E-state index in [1.807, 2.05) is 20.8 Å². The normalized spacial score (nSPS) is 14.0. The second-order valence-electron chi connectivity index (χ2n) is 6.85. The molecule has 0 fully saturated rings. The van der Waals surface area contributed by atoms with Crippen LogP contribution in [0.25, 0.3) is 0 Å². The van der Waals surface area contributed by atoms with Crippen molar-refractivity contribution in [3.63, 3.8) is 0 Å². The predicted molar refractivity (Wildman–Crippen MR) is 117 cm³/mol. The zero-order valence-corrected chi connectivity index (χ0v) is 19.0. The van der Waals surface area contributed by atoms with Crippen LogP contribution in [0.4, 0.5) is 5.69 Å². The first-order chi connectivity index (χ1) is 14.3. The lowest BCUT2D eigenvalue weighted by Crippen LogP contribution is -2.36. The Bertz CT molecular complexity index is 1040. The molecule has 9 heteroatoms. The molecule has 0 bridgehead atoms. The van der Waals surface area contributed by atoms with Crippen molar-refractivity contribution in [2.24, 2.45) is 0 Å². The topological polar surface area (TPSA) is 79.8 Å². The van der Waals surface area contributed by atoms with E-state index in [0.29, 0.717) is 44.2 Å². The summed E-state index contributed by atoms with van der Waals surface area (Å²) in [7, 11) is -3.56. The van der Waals surface area contributed by atoms with Crippen LogP contribution >= 0.6 is 11.6 Å². The minimum Gasteiger partial charge on any atom is -0.478 e. The smallest absolute Gasteiger partial charge is 0.278 e. The quantitative estimate of drug-likeness (QED) is 0.640. The molecule has 1 aliphatic rings.